The van der Waals surface area contributed by atoms with Crippen molar-refractivity contribution in [3.8, 4) is 0 Å². The smallest absolute Gasteiger partial charge is 0.308 e. The molecule has 0 spiro atoms. The van der Waals surface area contributed by atoms with Crippen LogP contribution in [0, 0.1) is 23.7 Å². The summed E-state index contributed by atoms with van der Waals surface area (Å²) in [5.41, 5.74) is 0. The van der Waals surface area contributed by atoms with Crippen LogP contribution >= 0.6 is 0 Å². The molecule has 4 nitrogen and oxygen atoms in total. The summed E-state index contributed by atoms with van der Waals surface area (Å²) in [5.74, 6) is -0.777. The maximum Gasteiger partial charge on any atom is 0.308 e. The quantitative estimate of drug-likeness (QED) is 0.794. The van der Waals surface area contributed by atoms with Gasteiger partial charge >= 0.3 is 5.97 Å². The zero-order valence-electron chi connectivity index (χ0n) is 10.4. The molecule has 1 aliphatic rings. The Balaban J connectivity index is 2.65. The summed E-state index contributed by atoms with van der Waals surface area (Å²) in [5, 5.41) is 8.99. The second kappa shape index (κ2) is 4.85. The lowest BCUT2D eigenvalue weighted by molar-refractivity contribution is -0.142. The van der Waals surface area contributed by atoms with Crippen LogP contribution in [0.3, 0.4) is 0 Å². The van der Waals surface area contributed by atoms with Gasteiger partial charge in [0.1, 0.15) is 0 Å². The monoisotopic (exact) mass is 227 g/mol. The lowest BCUT2D eigenvalue weighted by Crippen LogP contribution is -2.36. The molecule has 16 heavy (non-hydrogen) atoms. The Kier molecular flexibility index (Phi) is 3.94. The molecular formula is C12H21NO3. The third-order valence-corrected chi connectivity index (χ3v) is 3.63. The van der Waals surface area contributed by atoms with E-state index < -0.39 is 11.9 Å². The molecule has 0 aromatic carbocycles. The molecule has 1 amide bonds. The highest BCUT2D eigenvalue weighted by atomic mass is 16.4. The molecule has 0 aromatic heterocycles. The van der Waals surface area contributed by atoms with Gasteiger partial charge in [0.15, 0.2) is 0 Å². The van der Waals surface area contributed by atoms with Gasteiger partial charge in [-0.3, -0.25) is 9.59 Å². The zero-order valence-corrected chi connectivity index (χ0v) is 10.4. The molecule has 1 heterocycles. The van der Waals surface area contributed by atoms with E-state index in [1.54, 1.807) is 4.90 Å². The van der Waals surface area contributed by atoms with Gasteiger partial charge in [-0.2, -0.15) is 0 Å². The predicted molar refractivity (Wildman–Crippen MR) is 60.9 cm³/mol. The fourth-order valence-electron chi connectivity index (χ4n) is 2.04. The second-order valence-corrected chi connectivity index (χ2v) is 5.20. The Bertz CT molecular complexity index is 288. The van der Waals surface area contributed by atoms with Crippen molar-refractivity contribution in [1.29, 1.82) is 0 Å². The first-order valence-corrected chi connectivity index (χ1v) is 5.86. The van der Waals surface area contributed by atoms with Crippen LogP contribution in [0.15, 0.2) is 0 Å². The van der Waals surface area contributed by atoms with Gasteiger partial charge in [-0.05, 0) is 11.8 Å². The Hall–Kier alpha value is -1.06. The van der Waals surface area contributed by atoms with Crippen molar-refractivity contribution in [2.45, 2.75) is 27.7 Å². The van der Waals surface area contributed by atoms with E-state index in [9.17, 15) is 9.59 Å². The van der Waals surface area contributed by atoms with Crippen LogP contribution in [-0.4, -0.2) is 35.0 Å². The normalized spacial score (nSPS) is 27.2. The molecule has 3 unspecified atom stereocenters. The number of nitrogens with zero attached hydrogens (tertiary/aromatic N) is 1. The summed E-state index contributed by atoms with van der Waals surface area (Å²) in [4.78, 5) is 24.7. The number of carboxylic acid groups (broad SMARTS) is 1. The van der Waals surface area contributed by atoms with Crippen molar-refractivity contribution < 1.29 is 14.7 Å². The van der Waals surface area contributed by atoms with Gasteiger partial charge in [0.25, 0.3) is 0 Å². The molecule has 4 heteroatoms. The lowest BCUT2D eigenvalue weighted by atomic mass is 9.97. The first kappa shape index (κ1) is 13.0. The molecule has 0 aromatic rings. The summed E-state index contributed by atoms with van der Waals surface area (Å²) in [6, 6.07) is 0. The Morgan fingerprint density at radius 2 is 1.81 bits per heavy atom. The van der Waals surface area contributed by atoms with Gasteiger partial charge in [0, 0.05) is 19.0 Å². The van der Waals surface area contributed by atoms with E-state index in [0.29, 0.717) is 19.0 Å². The van der Waals surface area contributed by atoms with Crippen LogP contribution < -0.4 is 0 Å². The minimum Gasteiger partial charge on any atom is -0.481 e. The summed E-state index contributed by atoms with van der Waals surface area (Å²) >= 11 is 0. The summed E-state index contributed by atoms with van der Waals surface area (Å²) in [7, 11) is 0. The van der Waals surface area contributed by atoms with Gasteiger partial charge in [-0.15, -0.1) is 0 Å². The zero-order chi connectivity index (χ0) is 12.5. The first-order valence-electron chi connectivity index (χ1n) is 5.86. The number of rotatable bonds is 3. The van der Waals surface area contributed by atoms with E-state index in [2.05, 4.69) is 0 Å². The molecule has 1 rings (SSSR count). The van der Waals surface area contributed by atoms with Crippen molar-refractivity contribution in [2.24, 2.45) is 23.7 Å². The fraction of sp³-hybridized carbons (Fsp3) is 0.833. The minimum absolute atomic E-state index is 0.0280. The molecule has 1 N–H and O–H groups in total. The van der Waals surface area contributed by atoms with Crippen LogP contribution in [0.25, 0.3) is 0 Å². The molecule has 0 aliphatic carbocycles. The number of carbonyl (C=O) groups excluding carboxylic acids is 1. The molecule has 1 aliphatic heterocycles. The second-order valence-electron chi connectivity index (χ2n) is 5.20. The molecule has 3 atom stereocenters. The van der Waals surface area contributed by atoms with Gasteiger partial charge < -0.3 is 10.0 Å². The van der Waals surface area contributed by atoms with Gasteiger partial charge in [-0.1, -0.05) is 27.7 Å². The van der Waals surface area contributed by atoms with Crippen molar-refractivity contribution in [2.75, 3.05) is 13.1 Å². The third kappa shape index (κ3) is 2.54. The highest BCUT2D eigenvalue weighted by molar-refractivity contribution is 5.80. The molecular weight excluding hydrogens is 206 g/mol. The minimum atomic E-state index is -0.792. The van der Waals surface area contributed by atoms with Crippen molar-refractivity contribution in [3.63, 3.8) is 0 Å². The van der Waals surface area contributed by atoms with E-state index >= 15 is 0 Å². The molecule has 92 valence electrons. The van der Waals surface area contributed by atoms with Gasteiger partial charge in [0.05, 0.1) is 5.92 Å². The maximum absolute atomic E-state index is 12.0. The lowest BCUT2D eigenvalue weighted by Gasteiger charge is -2.23. The highest BCUT2D eigenvalue weighted by Crippen LogP contribution is 2.25. The molecule has 0 saturated carbocycles. The number of amides is 1. The predicted octanol–water partition coefficient (Wildman–Crippen LogP) is 1.46. The van der Waals surface area contributed by atoms with Crippen LogP contribution in [0.4, 0.5) is 0 Å². The van der Waals surface area contributed by atoms with Crippen molar-refractivity contribution in [1.82, 2.24) is 4.90 Å². The third-order valence-electron chi connectivity index (χ3n) is 3.63. The Morgan fingerprint density at radius 1 is 1.25 bits per heavy atom. The van der Waals surface area contributed by atoms with Crippen LogP contribution in [0.2, 0.25) is 0 Å². The van der Waals surface area contributed by atoms with Crippen LogP contribution in [0.1, 0.15) is 27.7 Å². The van der Waals surface area contributed by atoms with Gasteiger partial charge in [0.2, 0.25) is 5.91 Å². The Morgan fingerprint density at radius 3 is 2.19 bits per heavy atom. The maximum atomic E-state index is 12.0. The van der Waals surface area contributed by atoms with E-state index in [0.717, 1.165) is 0 Å². The average Bonchev–Trinajstić information content (AvgIpc) is 2.58. The van der Waals surface area contributed by atoms with Gasteiger partial charge in [-0.25, -0.2) is 0 Å². The summed E-state index contributed by atoms with van der Waals surface area (Å²) in [6.07, 6.45) is 0. The number of hydrogen-bond donors (Lipinski definition) is 1. The van der Waals surface area contributed by atoms with Crippen LogP contribution in [-0.2, 0) is 9.59 Å². The fourth-order valence-corrected chi connectivity index (χ4v) is 2.04. The number of carboxylic acids is 1. The number of likely N-dealkylation sites (tertiary alicyclic amines) is 1. The molecule has 1 saturated heterocycles. The number of carbonyl (C=O) groups is 2. The van der Waals surface area contributed by atoms with E-state index in [4.69, 9.17) is 5.11 Å². The van der Waals surface area contributed by atoms with E-state index in [1.165, 1.54) is 0 Å². The molecule has 0 radical (unpaired) electrons. The highest BCUT2D eigenvalue weighted by Gasteiger charge is 2.38. The molecule has 1 fully saturated rings. The van der Waals surface area contributed by atoms with Crippen molar-refractivity contribution >= 4 is 11.9 Å². The average molecular weight is 227 g/mol. The summed E-state index contributed by atoms with van der Waals surface area (Å²) in [6.45, 7) is 8.77. The number of aliphatic carboxylic acids is 1. The summed E-state index contributed by atoms with van der Waals surface area (Å²) < 4.78 is 0. The van der Waals surface area contributed by atoms with E-state index in [-0.39, 0.29) is 17.7 Å². The first-order chi connectivity index (χ1) is 7.34. The van der Waals surface area contributed by atoms with Crippen LogP contribution in [0.5, 0.6) is 0 Å². The molecule has 0 bridgehead atoms. The van der Waals surface area contributed by atoms with E-state index in [1.807, 2.05) is 27.7 Å². The largest absolute Gasteiger partial charge is 0.481 e. The SMILES string of the molecule is CC(C)C(C)C(=O)N1CC(C)C(C(=O)O)C1. The van der Waals surface area contributed by atoms with Crippen molar-refractivity contribution in [3.05, 3.63) is 0 Å². The number of hydrogen-bond acceptors (Lipinski definition) is 2. The topological polar surface area (TPSA) is 57.6 Å². The standard InChI is InChI=1S/C12H21NO3/c1-7(2)9(4)11(14)13-5-8(3)10(6-13)12(15)16/h7-10H,5-6H2,1-4H3,(H,15,16). The Labute approximate surface area is 96.6 Å².